The maximum atomic E-state index is 12.7. The van der Waals surface area contributed by atoms with Crippen LogP contribution < -0.4 is 0 Å². The first-order chi connectivity index (χ1) is 11.2. The zero-order valence-corrected chi connectivity index (χ0v) is 15.8. The molecule has 2 bridgehead atoms. The number of hydrogen-bond acceptors (Lipinski definition) is 3. The Labute approximate surface area is 150 Å². The number of piperidine rings is 1. The van der Waals surface area contributed by atoms with Crippen LogP contribution in [0.25, 0.3) is 0 Å². The number of carbonyl (C=O) groups excluding carboxylic acids is 1. The molecule has 3 aliphatic rings. The Morgan fingerprint density at radius 3 is 2.48 bits per heavy atom. The summed E-state index contributed by atoms with van der Waals surface area (Å²) in [7, 11) is 0. The molecule has 4 nitrogen and oxygen atoms in total. The van der Waals surface area contributed by atoms with E-state index in [0.29, 0.717) is 29.8 Å². The van der Waals surface area contributed by atoms with E-state index in [9.17, 15) is 4.79 Å². The van der Waals surface area contributed by atoms with Gasteiger partial charge >= 0.3 is 0 Å². The summed E-state index contributed by atoms with van der Waals surface area (Å²) in [6, 6.07) is 1.31. The highest BCUT2D eigenvalue weighted by Crippen LogP contribution is 2.41. The Bertz CT molecular complexity index is 558. The minimum Gasteiger partial charge on any atom is -0.336 e. The van der Waals surface area contributed by atoms with Crippen molar-refractivity contribution in [2.24, 2.45) is 0 Å². The lowest BCUT2D eigenvalue weighted by atomic mass is 9.97. The van der Waals surface area contributed by atoms with Crippen molar-refractivity contribution >= 4 is 33.6 Å². The molecule has 126 valence electrons. The van der Waals surface area contributed by atoms with Crippen LogP contribution in [-0.2, 0) is 4.79 Å². The number of amides is 1. The molecule has 1 aromatic heterocycles. The number of halogens is 1. The first kappa shape index (κ1) is 16.0. The van der Waals surface area contributed by atoms with E-state index in [4.69, 9.17) is 0 Å². The fourth-order valence-electron chi connectivity index (χ4n) is 4.60. The molecule has 2 aliphatic heterocycles. The molecular formula is C17H24BrN3OS. The minimum atomic E-state index is 0.384. The van der Waals surface area contributed by atoms with Crippen molar-refractivity contribution < 1.29 is 4.79 Å². The first-order valence-electron chi connectivity index (χ1n) is 8.83. The van der Waals surface area contributed by atoms with Crippen LogP contribution in [0.5, 0.6) is 0 Å². The average Bonchev–Trinajstić information content (AvgIpc) is 3.25. The summed E-state index contributed by atoms with van der Waals surface area (Å²) in [4.78, 5) is 15.0. The standard InChI is InChI=1S/C17H24BrN3OS/c18-12-9-19-20(10-12)15-7-13-5-6-14(8-15)21(13)17(22)11-23-16-3-1-2-4-16/h9-10,13-16H,1-8,11H2. The average molecular weight is 398 g/mol. The number of fused-ring (bicyclic) bond motifs is 2. The van der Waals surface area contributed by atoms with Crippen LogP contribution >= 0.6 is 27.7 Å². The van der Waals surface area contributed by atoms with Crippen LogP contribution in [0.1, 0.15) is 57.4 Å². The summed E-state index contributed by atoms with van der Waals surface area (Å²) in [6.07, 6.45) is 13.7. The molecule has 3 heterocycles. The van der Waals surface area contributed by atoms with Crippen LogP contribution in [0.15, 0.2) is 16.9 Å². The molecule has 0 aromatic carbocycles. The highest BCUT2D eigenvalue weighted by atomic mass is 79.9. The lowest BCUT2D eigenvalue weighted by molar-refractivity contribution is -0.133. The van der Waals surface area contributed by atoms with Gasteiger partial charge in [0.05, 0.1) is 22.5 Å². The third-order valence-corrected chi connectivity index (χ3v) is 7.45. The number of thioether (sulfide) groups is 1. The van der Waals surface area contributed by atoms with Crippen molar-refractivity contribution in [3.63, 3.8) is 0 Å². The molecule has 3 fully saturated rings. The van der Waals surface area contributed by atoms with Crippen LogP contribution in [0, 0.1) is 0 Å². The molecule has 23 heavy (non-hydrogen) atoms. The number of hydrogen-bond donors (Lipinski definition) is 0. The molecule has 2 unspecified atom stereocenters. The highest BCUT2D eigenvalue weighted by Gasteiger charge is 2.43. The zero-order chi connectivity index (χ0) is 15.8. The molecule has 4 rings (SSSR count). The van der Waals surface area contributed by atoms with Crippen LogP contribution in [0.4, 0.5) is 0 Å². The van der Waals surface area contributed by atoms with Crippen molar-refractivity contribution in [3.05, 3.63) is 16.9 Å². The van der Waals surface area contributed by atoms with Gasteiger partial charge in [-0.2, -0.15) is 5.10 Å². The van der Waals surface area contributed by atoms with Gasteiger partial charge in [0.15, 0.2) is 0 Å². The summed E-state index contributed by atoms with van der Waals surface area (Å²) in [6.45, 7) is 0. The fraction of sp³-hybridized carbons (Fsp3) is 0.765. The second kappa shape index (κ2) is 6.79. The summed E-state index contributed by atoms with van der Waals surface area (Å²) >= 11 is 5.38. The van der Waals surface area contributed by atoms with Crippen molar-refractivity contribution in [1.29, 1.82) is 0 Å². The molecule has 1 aliphatic carbocycles. The van der Waals surface area contributed by atoms with E-state index in [1.54, 1.807) is 0 Å². The Balaban J connectivity index is 1.37. The molecule has 2 atom stereocenters. The summed E-state index contributed by atoms with van der Waals surface area (Å²) in [5.74, 6) is 1.07. The molecule has 2 saturated heterocycles. The third-order valence-electron chi connectivity index (χ3n) is 5.69. The normalized spacial score (nSPS) is 31.0. The van der Waals surface area contributed by atoms with Gasteiger partial charge in [-0.05, 0) is 54.5 Å². The summed E-state index contributed by atoms with van der Waals surface area (Å²) in [5.41, 5.74) is 0. The van der Waals surface area contributed by atoms with E-state index in [0.717, 1.165) is 22.6 Å². The largest absolute Gasteiger partial charge is 0.336 e. The second-order valence-electron chi connectivity index (χ2n) is 7.17. The Morgan fingerprint density at radius 2 is 1.87 bits per heavy atom. The van der Waals surface area contributed by atoms with Crippen LogP contribution in [0.3, 0.4) is 0 Å². The lowest BCUT2D eigenvalue weighted by Gasteiger charge is -2.39. The Morgan fingerprint density at radius 1 is 1.17 bits per heavy atom. The van der Waals surface area contributed by atoms with Crippen molar-refractivity contribution in [3.8, 4) is 0 Å². The molecular weight excluding hydrogens is 374 g/mol. The minimum absolute atomic E-state index is 0.384. The smallest absolute Gasteiger partial charge is 0.233 e. The molecule has 1 amide bonds. The van der Waals surface area contributed by atoms with Gasteiger partial charge in [-0.1, -0.05) is 12.8 Å². The second-order valence-corrected chi connectivity index (χ2v) is 9.37. The van der Waals surface area contributed by atoms with Gasteiger partial charge in [-0.15, -0.1) is 11.8 Å². The van der Waals surface area contributed by atoms with E-state index in [1.807, 2.05) is 18.0 Å². The number of carbonyl (C=O) groups is 1. The molecule has 6 heteroatoms. The monoisotopic (exact) mass is 397 g/mol. The third kappa shape index (κ3) is 3.34. The van der Waals surface area contributed by atoms with Crippen molar-refractivity contribution in [2.45, 2.75) is 74.7 Å². The number of aromatic nitrogens is 2. The Hall–Kier alpha value is -0.490. The number of nitrogens with zero attached hydrogens (tertiary/aromatic N) is 3. The van der Waals surface area contributed by atoms with Gasteiger partial charge in [0.1, 0.15) is 0 Å². The predicted octanol–water partition coefficient (Wildman–Crippen LogP) is 4.02. The van der Waals surface area contributed by atoms with Gasteiger partial charge in [0, 0.05) is 23.5 Å². The van der Waals surface area contributed by atoms with Gasteiger partial charge in [-0.3, -0.25) is 9.48 Å². The van der Waals surface area contributed by atoms with E-state index < -0.39 is 0 Å². The van der Waals surface area contributed by atoms with Crippen LogP contribution in [0.2, 0.25) is 0 Å². The maximum Gasteiger partial charge on any atom is 0.233 e. The molecule has 1 aromatic rings. The van der Waals surface area contributed by atoms with Gasteiger partial charge in [0.25, 0.3) is 0 Å². The van der Waals surface area contributed by atoms with Gasteiger partial charge < -0.3 is 4.90 Å². The van der Waals surface area contributed by atoms with E-state index in [1.165, 1.54) is 38.5 Å². The quantitative estimate of drug-likeness (QED) is 0.769. The highest BCUT2D eigenvalue weighted by molar-refractivity contribution is 9.10. The van der Waals surface area contributed by atoms with Gasteiger partial charge in [0.2, 0.25) is 5.91 Å². The lowest BCUT2D eigenvalue weighted by Crippen LogP contribution is -2.47. The number of rotatable bonds is 4. The van der Waals surface area contributed by atoms with E-state index in [-0.39, 0.29) is 0 Å². The van der Waals surface area contributed by atoms with Crippen molar-refractivity contribution in [2.75, 3.05) is 5.75 Å². The zero-order valence-electron chi connectivity index (χ0n) is 13.4. The molecule has 0 radical (unpaired) electrons. The SMILES string of the molecule is O=C(CSC1CCCC1)N1C2CCC1CC(n1cc(Br)cn1)C2. The molecule has 0 N–H and O–H groups in total. The van der Waals surface area contributed by atoms with Crippen molar-refractivity contribution in [1.82, 2.24) is 14.7 Å². The molecule has 0 spiro atoms. The van der Waals surface area contributed by atoms with E-state index in [2.05, 4.69) is 36.8 Å². The van der Waals surface area contributed by atoms with Gasteiger partial charge in [-0.25, -0.2) is 0 Å². The Kier molecular flexibility index (Phi) is 4.72. The van der Waals surface area contributed by atoms with E-state index >= 15 is 0 Å². The van der Waals surface area contributed by atoms with Crippen LogP contribution in [-0.4, -0.2) is 43.7 Å². The topological polar surface area (TPSA) is 38.1 Å². The predicted molar refractivity (Wildman–Crippen MR) is 96.6 cm³/mol. The molecule has 1 saturated carbocycles. The first-order valence-corrected chi connectivity index (χ1v) is 10.7. The maximum absolute atomic E-state index is 12.7. The summed E-state index contributed by atoms with van der Waals surface area (Å²) in [5, 5.41) is 5.19. The fourth-order valence-corrected chi connectivity index (χ4v) is 6.10. The summed E-state index contributed by atoms with van der Waals surface area (Å²) < 4.78 is 3.13.